The highest BCUT2D eigenvalue weighted by Crippen LogP contribution is 2.20. The summed E-state index contributed by atoms with van der Waals surface area (Å²) < 4.78 is 3.25. The first-order chi connectivity index (χ1) is 13.9. The van der Waals surface area contributed by atoms with Crippen molar-refractivity contribution in [2.45, 2.75) is 26.5 Å². The fourth-order valence-corrected chi connectivity index (χ4v) is 4.39. The second kappa shape index (κ2) is 9.94. The predicted molar refractivity (Wildman–Crippen MR) is 126 cm³/mol. The summed E-state index contributed by atoms with van der Waals surface area (Å²) >= 11 is 5.03. The third-order valence-corrected chi connectivity index (χ3v) is 6.01. The molecule has 4 nitrogen and oxygen atoms in total. The molecule has 0 saturated carbocycles. The third kappa shape index (κ3) is 5.84. The molecule has 0 unspecified atom stereocenters. The Labute approximate surface area is 184 Å². The van der Waals surface area contributed by atoms with Crippen LogP contribution in [0.15, 0.2) is 64.2 Å². The van der Waals surface area contributed by atoms with Gasteiger partial charge in [-0.2, -0.15) is 5.10 Å². The van der Waals surface area contributed by atoms with E-state index < -0.39 is 0 Å². The molecule has 1 N–H and O–H groups in total. The van der Waals surface area contributed by atoms with Gasteiger partial charge < -0.3 is 4.57 Å². The van der Waals surface area contributed by atoms with Crippen molar-refractivity contribution in [1.82, 2.24) is 9.99 Å². The number of hydrazone groups is 1. The molecule has 0 saturated heterocycles. The van der Waals surface area contributed by atoms with Crippen LogP contribution >= 0.6 is 27.7 Å². The van der Waals surface area contributed by atoms with Gasteiger partial charge in [0, 0.05) is 32.9 Å². The zero-order valence-electron chi connectivity index (χ0n) is 16.8. The minimum atomic E-state index is -0.103. The smallest absolute Gasteiger partial charge is 0.250 e. The number of hydrogen-bond acceptors (Lipinski definition) is 3. The van der Waals surface area contributed by atoms with Gasteiger partial charge >= 0.3 is 0 Å². The van der Waals surface area contributed by atoms with Crippen LogP contribution < -0.4 is 5.43 Å². The number of nitrogens with one attached hydrogen (secondary N) is 1. The highest BCUT2D eigenvalue weighted by Gasteiger charge is 2.09. The quantitative estimate of drug-likeness (QED) is 0.364. The first-order valence-corrected chi connectivity index (χ1v) is 11.3. The molecule has 0 fully saturated rings. The van der Waals surface area contributed by atoms with Gasteiger partial charge in [-0.15, -0.1) is 11.8 Å². The Balaban J connectivity index is 1.56. The number of carbonyl (C=O) groups excluding carboxylic acids is 1. The molecule has 1 aromatic heterocycles. The van der Waals surface area contributed by atoms with Crippen molar-refractivity contribution in [3.05, 3.63) is 87.1 Å². The standard InChI is InChI=1S/C23H24BrN3OS/c1-16-6-4-9-22(10-16)27-17(2)11-20(18(27)3)13-25-26-23(28)15-29-14-19-7-5-8-21(24)12-19/h4-13H,14-15H2,1-3H3,(H,26,28)/b25-13+. The lowest BCUT2D eigenvalue weighted by Crippen LogP contribution is -2.19. The molecule has 0 aliphatic heterocycles. The molecule has 6 heteroatoms. The van der Waals surface area contributed by atoms with Crippen molar-refractivity contribution in [2.24, 2.45) is 5.10 Å². The van der Waals surface area contributed by atoms with Gasteiger partial charge in [0.1, 0.15) is 0 Å². The maximum atomic E-state index is 12.0. The summed E-state index contributed by atoms with van der Waals surface area (Å²) in [5, 5.41) is 4.15. The highest BCUT2D eigenvalue weighted by atomic mass is 79.9. The fraction of sp³-hybridized carbons (Fsp3) is 0.217. The molecule has 3 rings (SSSR count). The lowest BCUT2D eigenvalue weighted by Gasteiger charge is -2.10. The zero-order chi connectivity index (χ0) is 20.8. The van der Waals surface area contributed by atoms with E-state index in [4.69, 9.17) is 0 Å². The van der Waals surface area contributed by atoms with Gasteiger partial charge in [0.2, 0.25) is 5.91 Å². The van der Waals surface area contributed by atoms with E-state index in [1.54, 1.807) is 18.0 Å². The first-order valence-electron chi connectivity index (χ1n) is 9.34. The average molecular weight is 470 g/mol. The number of amides is 1. The predicted octanol–water partition coefficient (Wildman–Crippen LogP) is 5.55. The van der Waals surface area contributed by atoms with E-state index in [2.05, 4.69) is 94.3 Å². The molecule has 0 spiro atoms. The number of benzene rings is 2. The lowest BCUT2D eigenvalue weighted by molar-refractivity contribution is -0.118. The van der Waals surface area contributed by atoms with Crippen LogP contribution in [0.1, 0.15) is 28.1 Å². The molecule has 0 aliphatic carbocycles. The summed E-state index contributed by atoms with van der Waals surface area (Å²) in [5.41, 5.74) is 9.38. The molecule has 2 aromatic carbocycles. The summed E-state index contributed by atoms with van der Waals surface area (Å²) in [7, 11) is 0. The van der Waals surface area contributed by atoms with Gasteiger partial charge in [-0.1, -0.05) is 40.2 Å². The minimum Gasteiger partial charge on any atom is -0.318 e. The molecular formula is C23H24BrN3OS. The Kier molecular flexibility index (Phi) is 7.34. The fourth-order valence-electron chi connectivity index (χ4n) is 3.18. The number of thioether (sulfide) groups is 1. The van der Waals surface area contributed by atoms with Crippen molar-refractivity contribution < 1.29 is 4.79 Å². The maximum Gasteiger partial charge on any atom is 0.250 e. The number of halogens is 1. The van der Waals surface area contributed by atoms with Gasteiger partial charge in [-0.05, 0) is 62.2 Å². The molecule has 1 amide bonds. The SMILES string of the molecule is Cc1cccc(-n2c(C)cc(/C=N/NC(=O)CSCc3cccc(Br)c3)c2C)c1. The lowest BCUT2D eigenvalue weighted by atomic mass is 10.2. The van der Waals surface area contributed by atoms with E-state index in [1.807, 2.05) is 12.1 Å². The van der Waals surface area contributed by atoms with Gasteiger partial charge in [-0.25, -0.2) is 5.43 Å². The second-order valence-electron chi connectivity index (χ2n) is 6.92. The number of carbonyl (C=O) groups is 1. The number of nitrogens with zero attached hydrogens (tertiary/aromatic N) is 2. The molecule has 150 valence electrons. The Morgan fingerprint density at radius 2 is 1.93 bits per heavy atom. The van der Waals surface area contributed by atoms with Crippen LogP contribution in [0.3, 0.4) is 0 Å². The summed E-state index contributed by atoms with van der Waals surface area (Å²) in [4.78, 5) is 12.0. The van der Waals surface area contributed by atoms with Crippen LogP contribution in [0.2, 0.25) is 0 Å². The largest absolute Gasteiger partial charge is 0.318 e. The molecule has 1 heterocycles. The summed E-state index contributed by atoms with van der Waals surface area (Å²) in [6, 6.07) is 18.6. The first kappa shape index (κ1) is 21.4. The zero-order valence-corrected chi connectivity index (χ0v) is 19.2. The van der Waals surface area contributed by atoms with E-state index in [0.29, 0.717) is 5.75 Å². The third-order valence-electron chi connectivity index (χ3n) is 4.51. The Morgan fingerprint density at radius 3 is 2.69 bits per heavy atom. The van der Waals surface area contributed by atoms with E-state index in [0.717, 1.165) is 32.9 Å². The average Bonchev–Trinajstić information content (AvgIpc) is 2.95. The van der Waals surface area contributed by atoms with Gasteiger partial charge in [0.05, 0.1) is 12.0 Å². The molecule has 0 radical (unpaired) electrons. The summed E-state index contributed by atoms with van der Waals surface area (Å²) in [6.45, 7) is 6.22. The van der Waals surface area contributed by atoms with Crippen LogP contribution in [0.5, 0.6) is 0 Å². The molecule has 0 aliphatic rings. The molecule has 3 aromatic rings. The number of hydrogen-bond donors (Lipinski definition) is 1. The van der Waals surface area contributed by atoms with Gasteiger partial charge in [0.25, 0.3) is 0 Å². The van der Waals surface area contributed by atoms with Crippen LogP contribution in [-0.2, 0) is 10.5 Å². The number of rotatable bonds is 7. The molecule has 29 heavy (non-hydrogen) atoms. The van der Waals surface area contributed by atoms with E-state index in [9.17, 15) is 4.79 Å². The van der Waals surface area contributed by atoms with Crippen molar-refractivity contribution >= 4 is 39.8 Å². The van der Waals surface area contributed by atoms with Crippen molar-refractivity contribution in [2.75, 3.05) is 5.75 Å². The number of aryl methyl sites for hydroxylation is 2. The molecular weight excluding hydrogens is 446 g/mol. The normalized spacial score (nSPS) is 11.2. The minimum absolute atomic E-state index is 0.103. The maximum absolute atomic E-state index is 12.0. The topological polar surface area (TPSA) is 46.4 Å². The van der Waals surface area contributed by atoms with Crippen molar-refractivity contribution in [3.8, 4) is 5.69 Å². The van der Waals surface area contributed by atoms with E-state index in [1.165, 1.54) is 11.1 Å². The molecule has 0 bridgehead atoms. The monoisotopic (exact) mass is 469 g/mol. The summed E-state index contributed by atoms with van der Waals surface area (Å²) in [6.07, 6.45) is 1.71. The van der Waals surface area contributed by atoms with Crippen LogP contribution in [0.4, 0.5) is 0 Å². The Bertz CT molecular complexity index is 1040. The van der Waals surface area contributed by atoms with Gasteiger partial charge in [0.15, 0.2) is 0 Å². The Morgan fingerprint density at radius 1 is 1.14 bits per heavy atom. The van der Waals surface area contributed by atoms with E-state index in [-0.39, 0.29) is 5.91 Å². The second-order valence-corrected chi connectivity index (χ2v) is 8.82. The summed E-state index contributed by atoms with van der Waals surface area (Å²) in [5.74, 6) is 1.05. The van der Waals surface area contributed by atoms with Gasteiger partial charge in [-0.3, -0.25) is 4.79 Å². The number of aromatic nitrogens is 1. The van der Waals surface area contributed by atoms with Crippen LogP contribution in [0.25, 0.3) is 5.69 Å². The van der Waals surface area contributed by atoms with Crippen LogP contribution in [-0.4, -0.2) is 22.4 Å². The van der Waals surface area contributed by atoms with Crippen molar-refractivity contribution in [3.63, 3.8) is 0 Å². The van der Waals surface area contributed by atoms with Crippen molar-refractivity contribution in [1.29, 1.82) is 0 Å². The van der Waals surface area contributed by atoms with E-state index >= 15 is 0 Å². The molecule has 0 atom stereocenters. The van der Waals surface area contributed by atoms with Crippen LogP contribution in [0, 0.1) is 20.8 Å². The Hall–Kier alpha value is -2.31. The highest BCUT2D eigenvalue weighted by molar-refractivity contribution is 9.10.